The molecule has 0 aliphatic rings. The van der Waals surface area contributed by atoms with Crippen molar-refractivity contribution < 1.29 is 0 Å². The average Bonchev–Trinajstić information content (AvgIpc) is 3.37. The molecule has 2 N–H and O–H groups in total. The van der Waals surface area contributed by atoms with Gasteiger partial charge in [0.25, 0.3) is 0 Å². The summed E-state index contributed by atoms with van der Waals surface area (Å²) in [4.78, 5) is 10.5. The molecule has 4 nitrogen and oxygen atoms in total. The Kier molecular flexibility index (Phi) is 6.17. The Morgan fingerprint density at radius 2 is 1.84 bits per heavy atom. The molecule has 2 heterocycles. The highest BCUT2D eigenvalue weighted by molar-refractivity contribution is 7.13. The van der Waals surface area contributed by atoms with Gasteiger partial charge in [0.15, 0.2) is 0 Å². The number of H-pyrrole nitrogens is 1. The second-order valence-corrected chi connectivity index (χ2v) is 10.3. The zero-order valence-corrected chi connectivity index (χ0v) is 19.9. The molecule has 0 radical (unpaired) electrons. The maximum atomic E-state index is 4.89. The molecule has 0 saturated heterocycles. The van der Waals surface area contributed by atoms with Crippen LogP contribution in [0.15, 0.2) is 54.0 Å². The van der Waals surface area contributed by atoms with Crippen LogP contribution in [0.25, 0.3) is 21.5 Å². The maximum absolute atomic E-state index is 4.89. The number of likely N-dealkylation sites (N-methyl/N-ethyl adjacent to an activating group) is 1. The number of anilines is 1. The van der Waals surface area contributed by atoms with E-state index in [9.17, 15) is 0 Å². The second kappa shape index (κ2) is 8.85. The molecule has 0 spiro atoms. The Bertz CT molecular complexity index is 1150. The molecule has 5 heteroatoms. The molecule has 2 aromatic heterocycles. The van der Waals surface area contributed by atoms with Crippen molar-refractivity contribution in [3.63, 3.8) is 0 Å². The molecule has 4 rings (SSSR count). The van der Waals surface area contributed by atoms with E-state index in [-0.39, 0.29) is 5.41 Å². The van der Waals surface area contributed by atoms with Crippen molar-refractivity contribution in [2.45, 2.75) is 39.2 Å². The van der Waals surface area contributed by atoms with Gasteiger partial charge < -0.3 is 15.2 Å². The van der Waals surface area contributed by atoms with Crippen LogP contribution in [-0.2, 0) is 18.4 Å². The number of fused-ring (bicyclic) bond motifs is 1. The SMILES string of the molecule is CN(C)CCc1c[nH]c2ccc(-c3nc(CNc4ccc(C(C)(C)C)cc4)cs3)cc12. The second-order valence-electron chi connectivity index (χ2n) is 9.45. The van der Waals surface area contributed by atoms with E-state index in [4.69, 9.17) is 4.98 Å². The Balaban J connectivity index is 1.45. The molecule has 162 valence electrons. The van der Waals surface area contributed by atoms with Gasteiger partial charge in [-0.15, -0.1) is 11.3 Å². The van der Waals surface area contributed by atoms with Crippen molar-refractivity contribution in [1.29, 1.82) is 0 Å². The smallest absolute Gasteiger partial charge is 0.123 e. The van der Waals surface area contributed by atoms with Crippen molar-refractivity contribution in [3.05, 3.63) is 70.9 Å². The number of benzene rings is 2. The molecule has 2 aromatic carbocycles. The zero-order chi connectivity index (χ0) is 22.0. The van der Waals surface area contributed by atoms with E-state index in [0.717, 1.165) is 35.9 Å². The minimum atomic E-state index is 0.176. The average molecular weight is 433 g/mol. The summed E-state index contributed by atoms with van der Waals surface area (Å²) in [6, 6.07) is 15.3. The number of aromatic nitrogens is 2. The number of nitrogens with zero attached hydrogens (tertiary/aromatic N) is 2. The van der Waals surface area contributed by atoms with E-state index in [2.05, 4.69) is 104 Å². The van der Waals surface area contributed by atoms with Gasteiger partial charge in [-0.1, -0.05) is 32.9 Å². The third kappa shape index (κ3) is 5.17. The lowest BCUT2D eigenvalue weighted by Gasteiger charge is -2.19. The number of hydrogen-bond acceptors (Lipinski definition) is 4. The van der Waals surface area contributed by atoms with Crippen LogP contribution in [0.2, 0.25) is 0 Å². The third-order valence-corrected chi connectivity index (χ3v) is 6.56. The van der Waals surface area contributed by atoms with E-state index in [1.165, 1.54) is 27.6 Å². The maximum Gasteiger partial charge on any atom is 0.123 e. The quantitative estimate of drug-likeness (QED) is 0.360. The van der Waals surface area contributed by atoms with E-state index in [1.54, 1.807) is 11.3 Å². The van der Waals surface area contributed by atoms with Gasteiger partial charge in [0.2, 0.25) is 0 Å². The molecular formula is C26H32N4S. The van der Waals surface area contributed by atoms with Crippen LogP contribution in [0.5, 0.6) is 0 Å². The van der Waals surface area contributed by atoms with Crippen molar-refractivity contribution in [1.82, 2.24) is 14.9 Å². The molecule has 0 saturated carbocycles. The molecule has 0 amide bonds. The van der Waals surface area contributed by atoms with Gasteiger partial charge in [0.1, 0.15) is 5.01 Å². The van der Waals surface area contributed by atoms with E-state index >= 15 is 0 Å². The Labute approximate surface area is 189 Å². The lowest BCUT2D eigenvalue weighted by atomic mass is 9.87. The van der Waals surface area contributed by atoms with Crippen LogP contribution in [0.4, 0.5) is 5.69 Å². The molecule has 0 unspecified atom stereocenters. The first kappa shape index (κ1) is 21.6. The van der Waals surface area contributed by atoms with Crippen LogP contribution < -0.4 is 5.32 Å². The van der Waals surface area contributed by atoms with E-state index < -0.39 is 0 Å². The fourth-order valence-corrected chi connectivity index (χ4v) is 4.48. The predicted molar refractivity (Wildman–Crippen MR) is 134 cm³/mol. The van der Waals surface area contributed by atoms with Gasteiger partial charge in [-0.25, -0.2) is 4.98 Å². The monoisotopic (exact) mass is 432 g/mol. The highest BCUT2D eigenvalue weighted by Crippen LogP contribution is 2.29. The number of nitrogens with one attached hydrogen (secondary N) is 2. The predicted octanol–water partition coefficient (Wildman–Crippen LogP) is 6.31. The molecule has 0 aliphatic carbocycles. The molecule has 31 heavy (non-hydrogen) atoms. The fraction of sp³-hybridized carbons (Fsp3) is 0.346. The fourth-order valence-electron chi connectivity index (χ4n) is 3.66. The molecule has 0 bridgehead atoms. The highest BCUT2D eigenvalue weighted by atomic mass is 32.1. The van der Waals surface area contributed by atoms with E-state index in [0.29, 0.717) is 0 Å². The standard InChI is InChI=1S/C26H32N4S/c1-26(2,3)20-7-9-21(10-8-20)27-16-22-17-31-25(29-22)18-6-11-24-23(14-18)19(15-28-24)12-13-30(4)5/h6-11,14-15,17,27-28H,12-13,16H2,1-5H3. The summed E-state index contributed by atoms with van der Waals surface area (Å²) in [6.07, 6.45) is 3.18. The largest absolute Gasteiger partial charge is 0.379 e. The third-order valence-electron chi connectivity index (χ3n) is 5.62. The van der Waals surface area contributed by atoms with Crippen molar-refractivity contribution in [2.75, 3.05) is 26.0 Å². The number of thiazole rings is 1. The molecule has 0 atom stereocenters. The van der Waals surface area contributed by atoms with Gasteiger partial charge in [0.05, 0.1) is 12.2 Å². The van der Waals surface area contributed by atoms with Gasteiger partial charge in [-0.3, -0.25) is 0 Å². The van der Waals surface area contributed by atoms with Crippen LogP contribution in [-0.4, -0.2) is 35.5 Å². The normalized spacial score (nSPS) is 12.1. The minimum absolute atomic E-state index is 0.176. The zero-order valence-electron chi connectivity index (χ0n) is 19.1. The van der Waals surface area contributed by atoms with Crippen LogP contribution in [0.1, 0.15) is 37.6 Å². The summed E-state index contributed by atoms with van der Waals surface area (Å²) in [5.74, 6) is 0. The Morgan fingerprint density at radius 1 is 1.06 bits per heavy atom. The molecule has 0 fully saturated rings. The molecular weight excluding hydrogens is 400 g/mol. The summed E-state index contributed by atoms with van der Waals surface area (Å²) in [7, 11) is 4.23. The van der Waals surface area contributed by atoms with Gasteiger partial charge in [0, 0.05) is 40.3 Å². The summed E-state index contributed by atoms with van der Waals surface area (Å²) in [6.45, 7) is 8.49. The summed E-state index contributed by atoms with van der Waals surface area (Å²) >= 11 is 1.71. The number of rotatable bonds is 7. The molecule has 4 aromatic rings. The van der Waals surface area contributed by atoms with Crippen LogP contribution in [0, 0.1) is 0 Å². The number of hydrogen-bond donors (Lipinski definition) is 2. The minimum Gasteiger partial charge on any atom is -0.379 e. The van der Waals surface area contributed by atoms with E-state index in [1.807, 2.05) is 0 Å². The highest BCUT2D eigenvalue weighted by Gasteiger charge is 2.13. The number of aromatic amines is 1. The van der Waals surface area contributed by atoms with Gasteiger partial charge >= 0.3 is 0 Å². The van der Waals surface area contributed by atoms with Crippen molar-refractivity contribution in [3.8, 4) is 10.6 Å². The topological polar surface area (TPSA) is 44.0 Å². The first-order valence-corrected chi connectivity index (χ1v) is 11.7. The van der Waals surface area contributed by atoms with Crippen LogP contribution >= 0.6 is 11.3 Å². The Morgan fingerprint density at radius 3 is 2.55 bits per heavy atom. The molecule has 0 aliphatic heterocycles. The first-order chi connectivity index (χ1) is 14.8. The van der Waals surface area contributed by atoms with Crippen molar-refractivity contribution in [2.24, 2.45) is 0 Å². The van der Waals surface area contributed by atoms with Gasteiger partial charge in [-0.05, 0) is 67.4 Å². The van der Waals surface area contributed by atoms with Crippen LogP contribution in [0.3, 0.4) is 0 Å². The lowest BCUT2D eigenvalue weighted by Crippen LogP contribution is -2.14. The Hall–Kier alpha value is -2.63. The summed E-state index contributed by atoms with van der Waals surface area (Å²) in [5, 5.41) is 8.02. The summed E-state index contributed by atoms with van der Waals surface area (Å²) < 4.78 is 0. The first-order valence-electron chi connectivity index (χ1n) is 10.8. The lowest BCUT2D eigenvalue weighted by molar-refractivity contribution is 0.414. The van der Waals surface area contributed by atoms with Crippen molar-refractivity contribution >= 4 is 27.9 Å². The van der Waals surface area contributed by atoms with Gasteiger partial charge in [-0.2, -0.15) is 0 Å². The summed E-state index contributed by atoms with van der Waals surface area (Å²) in [5.41, 5.74) is 7.46.